The van der Waals surface area contributed by atoms with Gasteiger partial charge in [0, 0.05) is 18.0 Å². The molecule has 2 N–H and O–H groups in total. The second-order valence-corrected chi connectivity index (χ2v) is 6.19. The smallest absolute Gasteiger partial charge is 0.176 e. The summed E-state index contributed by atoms with van der Waals surface area (Å²) in [5, 5.41) is 11.4. The van der Waals surface area contributed by atoms with Crippen molar-refractivity contribution in [1.29, 1.82) is 0 Å². The first-order chi connectivity index (χ1) is 11.6. The van der Waals surface area contributed by atoms with Crippen molar-refractivity contribution < 1.29 is 0 Å². The number of nitrogens with zero attached hydrogens (tertiary/aromatic N) is 2. The Morgan fingerprint density at radius 2 is 1.75 bits per heavy atom. The van der Waals surface area contributed by atoms with E-state index in [1.807, 2.05) is 48.1 Å². The van der Waals surface area contributed by atoms with Crippen LogP contribution in [-0.2, 0) is 6.54 Å². The van der Waals surface area contributed by atoms with Crippen molar-refractivity contribution in [3.63, 3.8) is 0 Å². The molecule has 24 heavy (non-hydrogen) atoms. The Bertz CT molecular complexity index is 837. The molecule has 0 saturated heterocycles. The van der Waals surface area contributed by atoms with Crippen molar-refractivity contribution in [2.45, 2.75) is 20.4 Å². The van der Waals surface area contributed by atoms with Crippen molar-refractivity contribution in [2.75, 3.05) is 10.6 Å². The number of hydrogen-bond donors (Lipinski definition) is 2. The van der Waals surface area contributed by atoms with Crippen LogP contribution in [0.2, 0.25) is 0 Å². The minimum atomic E-state index is 0.532. The van der Waals surface area contributed by atoms with Crippen LogP contribution in [0.5, 0.6) is 0 Å². The maximum atomic E-state index is 5.36. The van der Waals surface area contributed by atoms with Crippen LogP contribution in [0, 0.1) is 13.8 Å². The molecule has 0 spiro atoms. The average Bonchev–Trinajstić information content (AvgIpc) is 2.99. The van der Waals surface area contributed by atoms with E-state index in [0.29, 0.717) is 5.11 Å². The molecule has 4 nitrogen and oxygen atoms in total. The zero-order chi connectivity index (χ0) is 16.9. The van der Waals surface area contributed by atoms with Gasteiger partial charge >= 0.3 is 0 Å². The summed E-state index contributed by atoms with van der Waals surface area (Å²) in [5.41, 5.74) is 4.62. The van der Waals surface area contributed by atoms with E-state index in [0.717, 1.165) is 23.6 Å². The Hall–Kier alpha value is -2.66. The maximum absolute atomic E-state index is 5.36. The molecule has 0 amide bonds. The van der Waals surface area contributed by atoms with Gasteiger partial charge in [0.05, 0.1) is 6.54 Å². The molecule has 5 heteroatoms. The van der Waals surface area contributed by atoms with E-state index in [2.05, 4.69) is 46.9 Å². The van der Waals surface area contributed by atoms with Gasteiger partial charge in [-0.25, -0.2) is 0 Å². The number of anilines is 2. The molecule has 3 aromatic rings. The molecule has 0 radical (unpaired) electrons. The lowest BCUT2D eigenvalue weighted by atomic mass is 10.1. The summed E-state index contributed by atoms with van der Waals surface area (Å²) in [6.45, 7) is 4.86. The van der Waals surface area contributed by atoms with Crippen LogP contribution in [0.4, 0.5) is 11.5 Å². The average molecular weight is 336 g/mol. The molecule has 0 fully saturated rings. The van der Waals surface area contributed by atoms with Crippen LogP contribution >= 0.6 is 12.2 Å². The van der Waals surface area contributed by atoms with Crippen LogP contribution in [-0.4, -0.2) is 14.9 Å². The summed E-state index contributed by atoms with van der Waals surface area (Å²) in [4.78, 5) is 0. The van der Waals surface area contributed by atoms with Crippen LogP contribution in [0.15, 0.2) is 60.8 Å². The zero-order valence-corrected chi connectivity index (χ0v) is 14.6. The normalized spacial score (nSPS) is 10.4. The largest absolute Gasteiger partial charge is 0.332 e. The van der Waals surface area contributed by atoms with Crippen LogP contribution < -0.4 is 10.6 Å². The predicted octanol–water partition coefficient (Wildman–Crippen LogP) is 4.36. The van der Waals surface area contributed by atoms with Gasteiger partial charge in [0.2, 0.25) is 0 Å². The molecular weight excluding hydrogens is 316 g/mol. The summed E-state index contributed by atoms with van der Waals surface area (Å²) in [6, 6.07) is 18.4. The van der Waals surface area contributed by atoms with Crippen LogP contribution in [0.3, 0.4) is 0 Å². The van der Waals surface area contributed by atoms with Gasteiger partial charge in [0.15, 0.2) is 10.9 Å². The van der Waals surface area contributed by atoms with E-state index >= 15 is 0 Å². The van der Waals surface area contributed by atoms with E-state index in [4.69, 9.17) is 12.2 Å². The molecule has 2 aromatic carbocycles. The summed E-state index contributed by atoms with van der Waals surface area (Å²) in [6.07, 6.45) is 1.94. The van der Waals surface area contributed by atoms with Crippen molar-refractivity contribution in [2.24, 2.45) is 0 Å². The Morgan fingerprint density at radius 3 is 2.50 bits per heavy atom. The van der Waals surface area contributed by atoms with Crippen LogP contribution in [0.1, 0.15) is 16.7 Å². The fourth-order valence-corrected chi connectivity index (χ4v) is 2.59. The zero-order valence-electron chi connectivity index (χ0n) is 13.8. The molecule has 0 aliphatic rings. The third-order valence-electron chi connectivity index (χ3n) is 3.74. The Morgan fingerprint density at radius 1 is 1.00 bits per heavy atom. The first kappa shape index (κ1) is 16.2. The summed E-state index contributed by atoms with van der Waals surface area (Å²) in [5.74, 6) is 0.730. The van der Waals surface area contributed by atoms with Gasteiger partial charge in [-0.05, 0) is 43.3 Å². The fourth-order valence-electron chi connectivity index (χ4n) is 2.38. The number of aryl methyl sites for hydroxylation is 2. The molecule has 1 heterocycles. The lowest BCUT2D eigenvalue weighted by Gasteiger charge is -2.10. The van der Waals surface area contributed by atoms with E-state index in [1.165, 1.54) is 11.1 Å². The molecule has 1 aromatic heterocycles. The van der Waals surface area contributed by atoms with Crippen molar-refractivity contribution in [3.05, 3.63) is 77.5 Å². The van der Waals surface area contributed by atoms with Crippen molar-refractivity contribution in [1.82, 2.24) is 9.78 Å². The molecule has 3 rings (SSSR count). The van der Waals surface area contributed by atoms with Gasteiger partial charge < -0.3 is 10.6 Å². The number of para-hydroxylation sites is 1. The highest BCUT2D eigenvalue weighted by molar-refractivity contribution is 7.80. The number of nitrogens with one attached hydrogen (secondary N) is 2. The van der Waals surface area contributed by atoms with Gasteiger partial charge in [-0.15, -0.1) is 0 Å². The molecule has 0 saturated carbocycles. The fraction of sp³-hybridized carbons (Fsp3) is 0.158. The van der Waals surface area contributed by atoms with Crippen molar-refractivity contribution >= 4 is 28.8 Å². The van der Waals surface area contributed by atoms with E-state index in [-0.39, 0.29) is 0 Å². The third kappa shape index (κ3) is 4.20. The summed E-state index contributed by atoms with van der Waals surface area (Å²) >= 11 is 5.36. The Kier molecular flexibility index (Phi) is 4.91. The predicted molar refractivity (Wildman–Crippen MR) is 104 cm³/mol. The van der Waals surface area contributed by atoms with Gasteiger partial charge in [-0.2, -0.15) is 5.10 Å². The third-order valence-corrected chi connectivity index (χ3v) is 3.94. The topological polar surface area (TPSA) is 41.9 Å². The molecular formula is C19H20N4S. The standard InChI is InChI=1S/C19H20N4S/c1-14-7-9-16(10-8-14)13-23-12-11-18(22-23)21-19(24)20-17-6-4-3-5-15(17)2/h3-12H,13H2,1-2H3,(H2,20,21,22,24). The number of thiocarbonyl (C=S) groups is 1. The number of benzene rings is 2. The number of aromatic nitrogens is 2. The van der Waals surface area contributed by atoms with E-state index in [9.17, 15) is 0 Å². The van der Waals surface area contributed by atoms with Crippen molar-refractivity contribution in [3.8, 4) is 0 Å². The highest BCUT2D eigenvalue weighted by Crippen LogP contribution is 2.14. The minimum absolute atomic E-state index is 0.532. The minimum Gasteiger partial charge on any atom is -0.332 e. The summed E-state index contributed by atoms with van der Waals surface area (Å²) in [7, 11) is 0. The molecule has 0 aliphatic heterocycles. The number of hydrogen-bond acceptors (Lipinski definition) is 2. The van der Waals surface area contributed by atoms with Gasteiger partial charge in [0.25, 0.3) is 0 Å². The molecule has 0 aliphatic carbocycles. The van der Waals surface area contributed by atoms with Gasteiger partial charge in [-0.1, -0.05) is 48.0 Å². The summed E-state index contributed by atoms with van der Waals surface area (Å²) < 4.78 is 1.89. The van der Waals surface area contributed by atoms with Gasteiger partial charge in [0.1, 0.15) is 0 Å². The molecule has 0 unspecified atom stereocenters. The van der Waals surface area contributed by atoms with E-state index in [1.54, 1.807) is 0 Å². The van der Waals surface area contributed by atoms with Crippen LogP contribution in [0.25, 0.3) is 0 Å². The second kappa shape index (κ2) is 7.27. The lowest BCUT2D eigenvalue weighted by molar-refractivity contribution is 0.690. The molecule has 0 atom stereocenters. The highest BCUT2D eigenvalue weighted by Gasteiger charge is 2.04. The van der Waals surface area contributed by atoms with E-state index < -0.39 is 0 Å². The van der Waals surface area contributed by atoms with Gasteiger partial charge in [-0.3, -0.25) is 4.68 Å². The monoisotopic (exact) mass is 336 g/mol. The molecule has 0 bridgehead atoms. The Balaban J connectivity index is 1.60. The highest BCUT2D eigenvalue weighted by atomic mass is 32.1. The Labute approximate surface area is 147 Å². The molecule has 122 valence electrons. The second-order valence-electron chi connectivity index (χ2n) is 5.78. The quantitative estimate of drug-likeness (QED) is 0.695. The first-order valence-electron chi connectivity index (χ1n) is 7.83. The maximum Gasteiger partial charge on any atom is 0.176 e. The lowest BCUT2D eigenvalue weighted by Crippen LogP contribution is -2.20. The number of rotatable bonds is 4. The first-order valence-corrected chi connectivity index (χ1v) is 8.23. The SMILES string of the molecule is Cc1ccc(Cn2ccc(NC(=S)Nc3ccccc3C)n2)cc1.